The molecule has 0 spiro atoms. The number of hydrogen-bond donors (Lipinski definition) is 1. The van der Waals surface area contributed by atoms with E-state index in [-0.39, 0.29) is 17.5 Å². The topological polar surface area (TPSA) is 103 Å². The van der Waals surface area contributed by atoms with Crippen molar-refractivity contribution < 1.29 is 19.6 Å². The largest absolute Gasteiger partial charge is 0.505 e. The Morgan fingerprint density at radius 1 is 1.29 bits per heavy atom. The summed E-state index contributed by atoms with van der Waals surface area (Å²) < 4.78 is 4.58. The van der Waals surface area contributed by atoms with Crippen LogP contribution in [0.1, 0.15) is 17.2 Å². The summed E-state index contributed by atoms with van der Waals surface area (Å²) in [7, 11) is 2.97. The second-order valence-electron chi connectivity index (χ2n) is 4.59. The van der Waals surface area contributed by atoms with Crippen LogP contribution >= 0.6 is 21.6 Å². The number of ether oxygens (including phenoxy) is 1. The average molecular weight is 366 g/mol. The van der Waals surface area contributed by atoms with E-state index in [1.165, 1.54) is 33.7 Å². The van der Waals surface area contributed by atoms with Crippen LogP contribution in [0.2, 0.25) is 0 Å². The van der Waals surface area contributed by atoms with E-state index in [0.717, 1.165) is 10.6 Å². The number of nitro benzene ring substituents is 1. The van der Waals surface area contributed by atoms with Gasteiger partial charge in [-0.05, 0) is 34.9 Å². The smallest absolute Gasteiger partial charge is 0.450 e. The van der Waals surface area contributed by atoms with Crippen molar-refractivity contribution in [2.24, 2.45) is 0 Å². The summed E-state index contributed by atoms with van der Waals surface area (Å²) in [6, 6.07) is 11.8. The van der Waals surface area contributed by atoms with Gasteiger partial charge in [0.25, 0.3) is 5.69 Å². The Hall–Kier alpha value is -2.26. The molecule has 7 nitrogen and oxygen atoms in total. The van der Waals surface area contributed by atoms with Crippen LogP contribution in [0.25, 0.3) is 0 Å². The van der Waals surface area contributed by atoms with Gasteiger partial charge in [-0.25, -0.2) is 9.78 Å². The molecule has 0 bridgehead atoms. The van der Waals surface area contributed by atoms with Gasteiger partial charge in [-0.2, -0.15) is 0 Å². The maximum atomic E-state index is 10.7. The predicted octanol–water partition coefficient (Wildman–Crippen LogP) is 4.56. The van der Waals surface area contributed by atoms with Crippen LogP contribution in [0.5, 0.6) is 0 Å². The highest BCUT2D eigenvalue weighted by atomic mass is 33.1. The van der Waals surface area contributed by atoms with Crippen LogP contribution in [-0.4, -0.2) is 27.8 Å². The molecule has 2 aromatic rings. The average Bonchev–Trinajstić information content (AvgIpc) is 2.58. The molecule has 1 aromatic carbocycles. The van der Waals surface area contributed by atoms with Crippen molar-refractivity contribution in [1.29, 1.82) is 0 Å². The van der Waals surface area contributed by atoms with Gasteiger partial charge in [0, 0.05) is 23.6 Å². The molecule has 0 fully saturated rings. The molecule has 2 rings (SSSR count). The third-order valence-electron chi connectivity index (χ3n) is 2.97. The number of nitrogens with zero attached hydrogens (tertiary/aromatic N) is 2. The van der Waals surface area contributed by atoms with E-state index in [1.807, 2.05) is 18.2 Å². The number of non-ortho nitro benzene ring substituents is 1. The van der Waals surface area contributed by atoms with Gasteiger partial charge in [0.15, 0.2) is 0 Å². The molecule has 0 aliphatic rings. The van der Waals surface area contributed by atoms with Crippen LogP contribution in [0.3, 0.4) is 0 Å². The van der Waals surface area contributed by atoms with Gasteiger partial charge in [0.1, 0.15) is 5.03 Å². The second-order valence-corrected chi connectivity index (χ2v) is 7.01. The first kappa shape index (κ1) is 18.1. The Morgan fingerprint density at radius 3 is 2.62 bits per heavy atom. The van der Waals surface area contributed by atoms with Crippen LogP contribution in [0.4, 0.5) is 10.5 Å². The summed E-state index contributed by atoms with van der Waals surface area (Å²) in [5.41, 5.74) is 0.879. The van der Waals surface area contributed by atoms with Crippen molar-refractivity contribution >= 4 is 33.4 Å². The summed E-state index contributed by atoms with van der Waals surface area (Å²) in [4.78, 5) is 25.0. The molecular formula is C15H14N2O5S2. The van der Waals surface area contributed by atoms with E-state index in [9.17, 15) is 14.9 Å². The Kier molecular flexibility index (Phi) is 6.89. The Bertz CT molecular complexity index is 682. The quantitative estimate of drug-likeness (QED) is 0.314. The van der Waals surface area contributed by atoms with E-state index in [1.54, 1.807) is 18.3 Å². The number of carboxylic acid groups (broad SMARTS) is 1. The molecule has 0 aliphatic heterocycles. The second kappa shape index (κ2) is 9.14. The lowest BCUT2D eigenvalue weighted by Gasteiger charge is -2.15. The molecule has 1 aromatic heterocycles. The molecule has 0 saturated heterocycles. The molecule has 9 heteroatoms. The number of nitro groups is 1. The summed E-state index contributed by atoms with van der Waals surface area (Å²) in [6.45, 7) is 0.0484. The van der Waals surface area contributed by atoms with Gasteiger partial charge in [-0.1, -0.05) is 29.0 Å². The van der Waals surface area contributed by atoms with E-state index in [4.69, 9.17) is 5.11 Å². The molecular weight excluding hydrogens is 352 g/mol. The van der Waals surface area contributed by atoms with Crippen LogP contribution < -0.4 is 0 Å². The highest BCUT2D eigenvalue weighted by molar-refractivity contribution is 8.76. The van der Waals surface area contributed by atoms with Gasteiger partial charge in [0.2, 0.25) is 0 Å². The van der Waals surface area contributed by atoms with Gasteiger partial charge in [-0.15, -0.1) is 0 Å². The molecule has 126 valence electrons. The zero-order valence-electron chi connectivity index (χ0n) is 12.4. The first-order valence-corrected chi connectivity index (χ1v) is 9.12. The lowest BCUT2D eigenvalue weighted by Crippen LogP contribution is -2.05. The first-order chi connectivity index (χ1) is 11.6. The van der Waals surface area contributed by atoms with Crippen LogP contribution in [-0.2, 0) is 4.74 Å². The summed E-state index contributed by atoms with van der Waals surface area (Å²) in [5, 5.41) is 20.1. The van der Waals surface area contributed by atoms with E-state index in [0.29, 0.717) is 6.42 Å². The number of aromatic nitrogens is 1. The highest BCUT2D eigenvalue weighted by Crippen LogP contribution is 2.43. The normalized spacial score (nSPS) is 11.7. The molecule has 1 unspecified atom stereocenters. The van der Waals surface area contributed by atoms with Crippen molar-refractivity contribution in [3.05, 3.63) is 64.3 Å². The first-order valence-electron chi connectivity index (χ1n) is 6.90. The lowest BCUT2D eigenvalue weighted by molar-refractivity contribution is -0.384. The third-order valence-corrected chi connectivity index (χ3v) is 5.72. The standard InChI is InChI=1S/C15H14N2O5S2/c18-15(19)22-10-8-13(23-24-14-3-1-2-9-16-14)11-4-6-12(7-5-11)17(20)21/h1-7,9,13H,8,10H2,(H,18,19). The van der Waals surface area contributed by atoms with Gasteiger partial charge in [-0.3, -0.25) is 10.1 Å². The molecule has 24 heavy (non-hydrogen) atoms. The summed E-state index contributed by atoms with van der Waals surface area (Å²) in [6.07, 6.45) is 0.825. The fourth-order valence-corrected chi connectivity index (χ4v) is 4.31. The molecule has 0 radical (unpaired) electrons. The van der Waals surface area contributed by atoms with Gasteiger partial charge < -0.3 is 9.84 Å². The van der Waals surface area contributed by atoms with E-state index >= 15 is 0 Å². The summed E-state index contributed by atoms with van der Waals surface area (Å²) in [5.74, 6) is 0. The minimum atomic E-state index is -1.32. The molecule has 1 heterocycles. The maximum absolute atomic E-state index is 10.7. The SMILES string of the molecule is O=C(O)OCCC(SSc1ccccn1)c1ccc([N+](=O)[O-])cc1. The Balaban J connectivity index is 2.06. The van der Waals surface area contributed by atoms with Crippen molar-refractivity contribution in [3.63, 3.8) is 0 Å². The zero-order valence-corrected chi connectivity index (χ0v) is 14.0. The van der Waals surface area contributed by atoms with Crippen molar-refractivity contribution in [2.45, 2.75) is 16.7 Å². The van der Waals surface area contributed by atoms with Crippen molar-refractivity contribution in [2.75, 3.05) is 6.61 Å². The number of hydrogen-bond acceptors (Lipinski definition) is 7. The number of benzene rings is 1. The third kappa shape index (κ3) is 5.74. The number of pyridine rings is 1. The van der Waals surface area contributed by atoms with E-state index in [2.05, 4.69) is 9.72 Å². The number of carbonyl (C=O) groups is 1. The molecule has 1 atom stereocenters. The van der Waals surface area contributed by atoms with Crippen LogP contribution in [0, 0.1) is 10.1 Å². The minimum absolute atomic E-state index is 0.0154. The Morgan fingerprint density at radius 2 is 2.04 bits per heavy atom. The van der Waals surface area contributed by atoms with Crippen LogP contribution in [0.15, 0.2) is 53.7 Å². The highest BCUT2D eigenvalue weighted by Gasteiger charge is 2.16. The fraction of sp³-hybridized carbons (Fsp3) is 0.200. The van der Waals surface area contributed by atoms with Gasteiger partial charge >= 0.3 is 6.16 Å². The van der Waals surface area contributed by atoms with Gasteiger partial charge in [0.05, 0.1) is 11.5 Å². The zero-order chi connectivity index (χ0) is 17.4. The fourth-order valence-electron chi connectivity index (χ4n) is 1.84. The Labute approximate surface area is 146 Å². The van der Waals surface area contributed by atoms with Crippen molar-refractivity contribution in [3.8, 4) is 0 Å². The summed E-state index contributed by atoms with van der Waals surface area (Å²) >= 11 is 0. The number of rotatable bonds is 8. The minimum Gasteiger partial charge on any atom is -0.450 e. The molecule has 1 N–H and O–H groups in total. The monoisotopic (exact) mass is 366 g/mol. The van der Waals surface area contributed by atoms with E-state index < -0.39 is 11.1 Å². The lowest BCUT2D eigenvalue weighted by atomic mass is 10.1. The molecule has 0 saturated carbocycles. The molecule has 0 amide bonds. The molecule has 0 aliphatic carbocycles. The van der Waals surface area contributed by atoms with Crippen molar-refractivity contribution in [1.82, 2.24) is 4.98 Å². The predicted molar refractivity (Wildman–Crippen MR) is 92.1 cm³/mol. The maximum Gasteiger partial charge on any atom is 0.505 e.